The van der Waals surface area contributed by atoms with Gasteiger partial charge in [-0.3, -0.25) is 4.79 Å². The van der Waals surface area contributed by atoms with E-state index in [1.165, 1.54) is 11.6 Å². The molecule has 0 aromatic heterocycles. The molecule has 0 radical (unpaired) electrons. The molecule has 0 aromatic carbocycles. The van der Waals surface area contributed by atoms with Crippen molar-refractivity contribution in [3.63, 3.8) is 0 Å². The molecule has 0 amide bonds. The van der Waals surface area contributed by atoms with E-state index >= 15 is 0 Å². The molecule has 0 bridgehead atoms. The maximum atomic E-state index is 9.85. The van der Waals surface area contributed by atoms with Gasteiger partial charge in [-0.1, -0.05) is 31.6 Å². The second kappa shape index (κ2) is 6.27. The van der Waals surface area contributed by atoms with Crippen molar-refractivity contribution in [3.8, 4) is 0 Å². The molecule has 10 heavy (non-hydrogen) atoms. The van der Waals surface area contributed by atoms with Gasteiger partial charge >= 0.3 is 0 Å². The Labute approximate surface area is 62.4 Å². The van der Waals surface area contributed by atoms with Crippen LogP contribution in [0.5, 0.6) is 0 Å². The Morgan fingerprint density at radius 2 is 1.80 bits per heavy atom. The number of aldehydes is 1. The fourth-order valence-corrected chi connectivity index (χ4v) is 0.723. The van der Waals surface area contributed by atoms with E-state index in [1.807, 2.05) is 6.08 Å². The first-order valence-electron chi connectivity index (χ1n) is 3.65. The van der Waals surface area contributed by atoms with Crippen molar-refractivity contribution in [2.75, 3.05) is 0 Å². The minimum Gasteiger partial charge on any atom is -0.299 e. The second-order valence-corrected chi connectivity index (χ2v) is 2.05. The van der Waals surface area contributed by atoms with Crippen molar-refractivity contribution in [1.82, 2.24) is 0 Å². The third-order valence-electron chi connectivity index (χ3n) is 1.43. The topological polar surface area (TPSA) is 17.1 Å². The lowest BCUT2D eigenvalue weighted by molar-refractivity contribution is -0.104. The number of carbonyl (C=O) groups is 1. The lowest BCUT2D eigenvalue weighted by atomic mass is 10.1. The van der Waals surface area contributed by atoms with Crippen LogP contribution in [-0.2, 0) is 4.79 Å². The zero-order valence-electron chi connectivity index (χ0n) is 6.63. The van der Waals surface area contributed by atoms with E-state index < -0.39 is 0 Å². The quantitative estimate of drug-likeness (QED) is 0.331. The van der Waals surface area contributed by atoms with E-state index in [9.17, 15) is 4.79 Å². The maximum absolute atomic E-state index is 9.85. The average Bonchev–Trinajstić information content (AvgIpc) is 1.99. The number of allylic oxidation sites excluding steroid dienone is 4. The van der Waals surface area contributed by atoms with E-state index in [4.69, 9.17) is 0 Å². The highest BCUT2D eigenvalue weighted by Gasteiger charge is 1.84. The Kier molecular flexibility index (Phi) is 5.74. The summed E-state index contributed by atoms with van der Waals surface area (Å²) in [6.07, 6.45) is 8.22. The zero-order valence-corrected chi connectivity index (χ0v) is 6.63. The van der Waals surface area contributed by atoms with Gasteiger partial charge in [0.1, 0.15) is 6.29 Å². The molecule has 0 saturated heterocycles. The summed E-state index contributed by atoms with van der Waals surface area (Å²) in [6.45, 7) is 4.23. The number of hydrogen-bond donors (Lipinski definition) is 0. The molecule has 0 aliphatic rings. The minimum atomic E-state index is 0.791. The average molecular weight is 138 g/mol. The Morgan fingerprint density at radius 3 is 2.20 bits per heavy atom. The van der Waals surface area contributed by atoms with Crippen LogP contribution in [0.2, 0.25) is 0 Å². The van der Waals surface area contributed by atoms with Crippen molar-refractivity contribution >= 4 is 6.29 Å². The molecule has 0 aliphatic heterocycles. The largest absolute Gasteiger partial charge is 0.299 e. The number of hydrogen-bond acceptors (Lipinski definition) is 1. The predicted octanol–water partition coefficient (Wildman–Crippen LogP) is 2.49. The molecule has 1 heteroatoms. The predicted molar refractivity (Wildman–Crippen MR) is 43.9 cm³/mol. The normalized spacial score (nSPS) is 9.80. The molecule has 56 valence electrons. The number of carbonyl (C=O) groups excluding carboxylic acids is 1. The van der Waals surface area contributed by atoms with Crippen LogP contribution in [-0.4, -0.2) is 6.29 Å². The summed E-state index contributed by atoms with van der Waals surface area (Å²) in [7, 11) is 0. The second-order valence-electron chi connectivity index (χ2n) is 2.05. The maximum Gasteiger partial charge on any atom is 0.142 e. The third-order valence-corrected chi connectivity index (χ3v) is 1.43. The van der Waals surface area contributed by atoms with Gasteiger partial charge in [0.05, 0.1) is 0 Å². The molecule has 0 aromatic rings. The standard InChI is InChI=1S/C9H14O/c1-3-9(4-2)7-5-6-8-10/h5-8H,3-4H2,1-2H3/b6-5+. The van der Waals surface area contributed by atoms with Gasteiger partial charge in [-0.25, -0.2) is 0 Å². The lowest BCUT2D eigenvalue weighted by Gasteiger charge is -1.94. The summed E-state index contributed by atoms with van der Waals surface area (Å²) >= 11 is 0. The molecule has 0 unspecified atom stereocenters. The minimum absolute atomic E-state index is 0.791. The van der Waals surface area contributed by atoms with Crippen LogP contribution >= 0.6 is 0 Å². The highest BCUT2D eigenvalue weighted by molar-refractivity contribution is 5.65. The smallest absolute Gasteiger partial charge is 0.142 e. The Bertz CT molecular complexity index is 137. The van der Waals surface area contributed by atoms with Gasteiger partial charge in [0, 0.05) is 0 Å². The summed E-state index contributed by atoms with van der Waals surface area (Å²) < 4.78 is 0. The fraction of sp³-hybridized carbons (Fsp3) is 0.444. The zero-order chi connectivity index (χ0) is 7.82. The van der Waals surface area contributed by atoms with Gasteiger partial charge in [-0.15, -0.1) is 0 Å². The molecule has 1 nitrogen and oxygen atoms in total. The van der Waals surface area contributed by atoms with Gasteiger partial charge < -0.3 is 0 Å². The van der Waals surface area contributed by atoms with Crippen molar-refractivity contribution in [1.29, 1.82) is 0 Å². The highest BCUT2D eigenvalue weighted by Crippen LogP contribution is 2.04. The summed E-state index contributed by atoms with van der Waals surface area (Å²) in [5.74, 6) is 0. The Balaban J connectivity index is 3.85. The Hall–Kier alpha value is -0.850. The fourth-order valence-electron chi connectivity index (χ4n) is 0.723. The van der Waals surface area contributed by atoms with Crippen LogP contribution in [0.25, 0.3) is 0 Å². The molecule has 0 N–H and O–H groups in total. The van der Waals surface area contributed by atoms with Crippen LogP contribution in [0.3, 0.4) is 0 Å². The van der Waals surface area contributed by atoms with Gasteiger partial charge in [0.25, 0.3) is 0 Å². The highest BCUT2D eigenvalue weighted by atomic mass is 16.1. The van der Waals surface area contributed by atoms with E-state index in [-0.39, 0.29) is 0 Å². The monoisotopic (exact) mass is 138 g/mol. The van der Waals surface area contributed by atoms with Crippen molar-refractivity contribution in [3.05, 3.63) is 23.8 Å². The third kappa shape index (κ3) is 4.07. The summed E-state index contributed by atoms with van der Waals surface area (Å²) in [4.78, 5) is 9.85. The molecule has 0 atom stereocenters. The van der Waals surface area contributed by atoms with Crippen LogP contribution < -0.4 is 0 Å². The van der Waals surface area contributed by atoms with Crippen LogP contribution in [0.4, 0.5) is 0 Å². The molecule has 0 rings (SSSR count). The molecule has 0 fully saturated rings. The van der Waals surface area contributed by atoms with Crippen LogP contribution in [0.1, 0.15) is 26.7 Å². The van der Waals surface area contributed by atoms with Gasteiger partial charge in [0.2, 0.25) is 0 Å². The van der Waals surface area contributed by atoms with Crippen molar-refractivity contribution < 1.29 is 4.79 Å². The SMILES string of the molecule is CCC(=C/C=C/C=O)CC. The first-order valence-corrected chi connectivity index (χ1v) is 3.65. The first-order chi connectivity index (χ1) is 4.85. The summed E-state index contributed by atoms with van der Waals surface area (Å²) in [5.41, 5.74) is 1.37. The van der Waals surface area contributed by atoms with E-state index in [0.717, 1.165) is 19.1 Å². The molecule has 0 saturated carbocycles. The van der Waals surface area contributed by atoms with Crippen LogP contribution in [0, 0.1) is 0 Å². The van der Waals surface area contributed by atoms with E-state index in [1.54, 1.807) is 6.08 Å². The molecule has 0 spiro atoms. The van der Waals surface area contributed by atoms with Crippen LogP contribution in [0.15, 0.2) is 23.8 Å². The van der Waals surface area contributed by atoms with Crippen molar-refractivity contribution in [2.45, 2.75) is 26.7 Å². The summed E-state index contributed by atoms with van der Waals surface area (Å²) in [5, 5.41) is 0. The van der Waals surface area contributed by atoms with Gasteiger partial charge in [-0.05, 0) is 18.9 Å². The molecular formula is C9H14O. The Morgan fingerprint density at radius 1 is 1.20 bits per heavy atom. The molecule has 0 aliphatic carbocycles. The van der Waals surface area contributed by atoms with Gasteiger partial charge in [0.15, 0.2) is 0 Å². The molecular weight excluding hydrogens is 124 g/mol. The van der Waals surface area contributed by atoms with Crippen molar-refractivity contribution in [2.24, 2.45) is 0 Å². The summed E-state index contributed by atoms with van der Waals surface area (Å²) in [6, 6.07) is 0. The number of rotatable bonds is 4. The first kappa shape index (κ1) is 9.15. The van der Waals surface area contributed by atoms with E-state index in [2.05, 4.69) is 13.8 Å². The van der Waals surface area contributed by atoms with E-state index in [0.29, 0.717) is 0 Å². The molecule has 0 heterocycles. The lowest BCUT2D eigenvalue weighted by Crippen LogP contribution is -1.74. The van der Waals surface area contributed by atoms with Gasteiger partial charge in [-0.2, -0.15) is 0 Å².